The van der Waals surface area contributed by atoms with Crippen molar-refractivity contribution in [3.05, 3.63) is 48.6 Å². The summed E-state index contributed by atoms with van der Waals surface area (Å²) in [6.45, 7) is 6.69. The molecule has 82 heavy (non-hydrogen) atoms. The fraction of sp³-hybridized carbons (Fsp3) is 0.855. The maximum atomic E-state index is 13.0. The second kappa shape index (κ2) is 70.9. The zero-order valence-electron chi connectivity index (χ0n) is 55.3. The summed E-state index contributed by atoms with van der Waals surface area (Å²) >= 11 is 0. The van der Waals surface area contributed by atoms with E-state index in [0.29, 0.717) is 19.3 Å². The molecule has 1 unspecified atom stereocenters. The Bertz CT molecular complexity index is 1410. The summed E-state index contributed by atoms with van der Waals surface area (Å²) in [5.74, 6) is -0.858. The van der Waals surface area contributed by atoms with Gasteiger partial charge in [-0.15, -0.1) is 0 Å². The van der Waals surface area contributed by atoms with E-state index in [-0.39, 0.29) is 31.1 Å². The Morgan fingerprint density at radius 2 is 0.439 bits per heavy atom. The zero-order chi connectivity index (χ0) is 59.2. The van der Waals surface area contributed by atoms with Gasteiger partial charge in [0.1, 0.15) is 13.2 Å². The van der Waals surface area contributed by atoms with E-state index < -0.39 is 6.10 Å². The van der Waals surface area contributed by atoms with Crippen molar-refractivity contribution in [2.24, 2.45) is 0 Å². The average molecular weight is 1150 g/mol. The first-order chi connectivity index (χ1) is 40.5. The van der Waals surface area contributed by atoms with E-state index in [9.17, 15) is 14.4 Å². The standard InChI is InChI=1S/C76H140O6/c1-4-7-10-13-16-19-22-25-28-30-32-34-35-36-37-38-39-40-41-43-44-46-48-51-54-57-60-63-66-69-75(78)81-72-73(71-80-74(77)68-65-62-59-56-53-50-27-24-21-18-15-12-9-6-3)82-76(79)70-67-64-61-58-55-52-49-47-45-42-33-31-29-26-23-20-17-14-11-8-5-2/h23,26,30-33,45,47,73H,4-22,24-25,27-29,34-44,46,48-72H2,1-3H3/b26-23-,32-30-,33-31-,47-45-. The lowest BCUT2D eigenvalue weighted by Gasteiger charge is -2.18. The van der Waals surface area contributed by atoms with Gasteiger partial charge >= 0.3 is 17.9 Å². The lowest BCUT2D eigenvalue weighted by atomic mass is 10.0. The topological polar surface area (TPSA) is 78.9 Å². The van der Waals surface area contributed by atoms with Crippen molar-refractivity contribution in [1.82, 2.24) is 0 Å². The maximum absolute atomic E-state index is 13.0. The molecule has 1 atom stereocenters. The molecule has 0 bridgehead atoms. The molecule has 0 radical (unpaired) electrons. The number of esters is 3. The van der Waals surface area contributed by atoms with Crippen molar-refractivity contribution < 1.29 is 28.6 Å². The SMILES string of the molecule is CCCCCCC/C=C\C/C=C\C/C=C\CCCCCCCCC(=O)OC(COC(=O)CCCCCCCCCCCCCCCC)COC(=O)CCCCCCCCCCCCCCCCCCC/C=C\CCCCCCCCCC. The molecule has 0 saturated heterocycles. The van der Waals surface area contributed by atoms with Crippen LogP contribution in [0.1, 0.15) is 400 Å². The third-order valence-electron chi connectivity index (χ3n) is 16.6. The van der Waals surface area contributed by atoms with Crippen LogP contribution in [0.4, 0.5) is 0 Å². The Hall–Kier alpha value is -2.63. The number of ether oxygens (including phenoxy) is 3. The van der Waals surface area contributed by atoms with Gasteiger partial charge < -0.3 is 14.2 Å². The molecule has 0 N–H and O–H groups in total. The first-order valence-corrected chi connectivity index (χ1v) is 36.6. The predicted molar refractivity (Wildman–Crippen MR) is 358 cm³/mol. The van der Waals surface area contributed by atoms with E-state index in [1.54, 1.807) is 0 Å². The van der Waals surface area contributed by atoms with Crippen molar-refractivity contribution in [2.45, 2.75) is 406 Å². The highest BCUT2D eigenvalue weighted by Crippen LogP contribution is 2.18. The summed E-state index contributed by atoms with van der Waals surface area (Å²) in [5.41, 5.74) is 0. The molecule has 6 nitrogen and oxygen atoms in total. The first kappa shape index (κ1) is 79.4. The highest BCUT2D eigenvalue weighted by molar-refractivity contribution is 5.71. The molecule has 0 amide bonds. The molecule has 0 aliphatic rings. The molecule has 0 spiro atoms. The Balaban J connectivity index is 4.23. The minimum absolute atomic E-state index is 0.0735. The van der Waals surface area contributed by atoms with Gasteiger partial charge in [-0.25, -0.2) is 0 Å². The van der Waals surface area contributed by atoms with Gasteiger partial charge in [-0.05, 0) is 83.5 Å². The van der Waals surface area contributed by atoms with Crippen LogP contribution in [-0.2, 0) is 28.6 Å². The average Bonchev–Trinajstić information content (AvgIpc) is 3.47. The Kier molecular flexibility index (Phi) is 68.6. The van der Waals surface area contributed by atoms with Crippen LogP contribution in [0.25, 0.3) is 0 Å². The second-order valence-corrected chi connectivity index (χ2v) is 24.9. The van der Waals surface area contributed by atoms with Crippen molar-refractivity contribution in [2.75, 3.05) is 13.2 Å². The minimum atomic E-state index is -0.779. The van der Waals surface area contributed by atoms with Gasteiger partial charge in [0.15, 0.2) is 6.10 Å². The van der Waals surface area contributed by atoms with E-state index in [1.807, 2.05) is 0 Å². The van der Waals surface area contributed by atoms with Crippen LogP contribution in [0, 0.1) is 0 Å². The molecule has 0 aromatic heterocycles. The number of allylic oxidation sites excluding steroid dienone is 8. The quantitative estimate of drug-likeness (QED) is 0.0261. The number of carbonyl (C=O) groups excluding carboxylic acids is 3. The third-order valence-corrected chi connectivity index (χ3v) is 16.6. The van der Waals surface area contributed by atoms with Crippen molar-refractivity contribution >= 4 is 17.9 Å². The highest BCUT2D eigenvalue weighted by Gasteiger charge is 2.19. The fourth-order valence-corrected chi connectivity index (χ4v) is 11.0. The zero-order valence-corrected chi connectivity index (χ0v) is 55.3. The molecule has 0 fully saturated rings. The van der Waals surface area contributed by atoms with E-state index in [0.717, 1.165) is 77.0 Å². The molecule has 480 valence electrons. The molecular weight excluding hydrogens is 1010 g/mol. The van der Waals surface area contributed by atoms with E-state index in [2.05, 4.69) is 69.4 Å². The van der Waals surface area contributed by atoms with Gasteiger partial charge in [0, 0.05) is 19.3 Å². The molecule has 0 aliphatic carbocycles. The van der Waals surface area contributed by atoms with Gasteiger partial charge in [-0.1, -0.05) is 345 Å². The Morgan fingerprint density at radius 1 is 0.244 bits per heavy atom. The number of carbonyl (C=O) groups is 3. The van der Waals surface area contributed by atoms with Crippen LogP contribution in [-0.4, -0.2) is 37.2 Å². The molecule has 0 saturated carbocycles. The van der Waals surface area contributed by atoms with Crippen molar-refractivity contribution in [1.29, 1.82) is 0 Å². The summed E-state index contributed by atoms with van der Waals surface area (Å²) in [7, 11) is 0. The van der Waals surface area contributed by atoms with Crippen LogP contribution in [0.5, 0.6) is 0 Å². The normalized spacial score (nSPS) is 12.3. The predicted octanol–water partition coefficient (Wildman–Crippen LogP) is 25.3. The molecule has 6 heteroatoms. The number of hydrogen-bond acceptors (Lipinski definition) is 6. The van der Waals surface area contributed by atoms with Crippen LogP contribution >= 0.6 is 0 Å². The lowest BCUT2D eigenvalue weighted by Crippen LogP contribution is -2.30. The molecule has 0 heterocycles. The Labute approximate surface area is 511 Å². The maximum Gasteiger partial charge on any atom is 0.306 e. The lowest BCUT2D eigenvalue weighted by molar-refractivity contribution is -0.167. The summed E-state index contributed by atoms with van der Waals surface area (Å²) in [6, 6.07) is 0. The van der Waals surface area contributed by atoms with Crippen LogP contribution in [0.2, 0.25) is 0 Å². The molecule has 0 rings (SSSR count). The fourth-order valence-electron chi connectivity index (χ4n) is 11.0. The molecule has 0 aromatic rings. The minimum Gasteiger partial charge on any atom is -0.462 e. The molecule has 0 aliphatic heterocycles. The van der Waals surface area contributed by atoms with Crippen LogP contribution in [0.15, 0.2) is 48.6 Å². The largest absolute Gasteiger partial charge is 0.462 e. The summed E-state index contributed by atoms with van der Waals surface area (Å²) in [5, 5.41) is 0. The number of rotatable bonds is 68. The summed E-state index contributed by atoms with van der Waals surface area (Å²) in [4.78, 5) is 38.5. The smallest absolute Gasteiger partial charge is 0.306 e. The van der Waals surface area contributed by atoms with Gasteiger partial charge in [-0.3, -0.25) is 14.4 Å². The van der Waals surface area contributed by atoms with Crippen molar-refractivity contribution in [3.8, 4) is 0 Å². The highest BCUT2D eigenvalue weighted by atomic mass is 16.6. The van der Waals surface area contributed by atoms with Gasteiger partial charge in [-0.2, -0.15) is 0 Å². The second-order valence-electron chi connectivity index (χ2n) is 24.9. The van der Waals surface area contributed by atoms with E-state index in [1.165, 1.54) is 283 Å². The van der Waals surface area contributed by atoms with Gasteiger partial charge in [0.25, 0.3) is 0 Å². The molecule has 0 aromatic carbocycles. The van der Waals surface area contributed by atoms with Gasteiger partial charge in [0.2, 0.25) is 0 Å². The van der Waals surface area contributed by atoms with E-state index >= 15 is 0 Å². The monoisotopic (exact) mass is 1150 g/mol. The third kappa shape index (κ3) is 68.2. The number of hydrogen-bond donors (Lipinski definition) is 0. The number of unbranched alkanes of at least 4 members (excludes halogenated alkanes) is 49. The van der Waals surface area contributed by atoms with Crippen LogP contribution < -0.4 is 0 Å². The van der Waals surface area contributed by atoms with Crippen molar-refractivity contribution in [3.63, 3.8) is 0 Å². The Morgan fingerprint density at radius 3 is 0.695 bits per heavy atom. The molecular formula is C76H140O6. The summed E-state index contributed by atoms with van der Waals surface area (Å²) in [6.07, 6.45) is 90.0. The van der Waals surface area contributed by atoms with Gasteiger partial charge in [0.05, 0.1) is 0 Å². The van der Waals surface area contributed by atoms with Crippen LogP contribution in [0.3, 0.4) is 0 Å². The summed E-state index contributed by atoms with van der Waals surface area (Å²) < 4.78 is 17.0. The first-order valence-electron chi connectivity index (χ1n) is 36.6. The van der Waals surface area contributed by atoms with E-state index in [4.69, 9.17) is 14.2 Å².